The second-order valence-electron chi connectivity index (χ2n) is 3.86. The van der Waals surface area contributed by atoms with Crippen molar-refractivity contribution >= 4 is 0 Å². The smallest absolute Gasteiger partial charge is 0.0981 e. The summed E-state index contributed by atoms with van der Waals surface area (Å²) in [6.45, 7) is 4.72. The molecule has 0 aromatic heterocycles. The van der Waals surface area contributed by atoms with Crippen LogP contribution in [0.25, 0.3) is 0 Å². The van der Waals surface area contributed by atoms with Gasteiger partial charge in [-0.3, -0.25) is 4.90 Å². The van der Waals surface area contributed by atoms with Crippen LogP contribution in [0.2, 0.25) is 0 Å². The Morgan fingerprint density at radius 1 is 1.46 bits per heavy atom. The minimum Gasteiger partial charge on any atom is -0.392 e. The van der Waals surface area contributed by atoms with Gasteiger partial charge >= 0.3 is 0 Å². The van der Waals surface area contributed by atoms with Gasteiger partial charge < -0.3 is 5.11 Å². The van der Waals surface area contributed by atoms with Crippen LogP contribution in [0, 0.1) is 11.3 Å². The molecule has 3 unspecified atom stereocenters. The summed E-state index contributed by atoms with van der Waals surface area (Å²) in [5.41, 5.74) is 0. The number of hydrogen-bond acceptors (Lipinski definition) is 3. The van der Waals surface area contributed by atoms with E-state index in [9.17, 15) is 5.11 Å². The van der Waals surface area contributed by atoms with Gasteiger partial charge in [-0.15, -0.1) is 0 Å². The third kappa shape index (κ3) is 2.43. The molecular formula is C10H18N2O. The molecule has 3 heteroatoms. The Kier molecular flexibility index (Phi) is 3.71. The predicted molar refractivity (Wildman–Crippen MR) is 51.1 cm³/mol. The summed E-state index contributed by atoms with van der Waals surface area (Å²) in [5, 5.41) is 18.4. The first-order valence-electron chi connectivity index (χ1n) is 5.00. The van der Waals surface area contributed by atoms with Gasteiger partial charge in [0.1, 0.15) is 0 Å². The Hall–Kier alpha value is -0.590. The fourth-order valence-corrected chi connectivity index (χ4v) is 1.86. The van der Waals surface area contributed by atoms with Crippen LogP contribution in [0.15, 0.2) is 0 Å². The van der Waals surface area contributed by atoms with E-state index in [1.165, 1.54) is 0 Å². The fraction of sp³-hybridized carbons (Fsp3) is 0.900. The first-order chi connectivity index (χ1) is 6.16. The molecule has 3 atom stereocenters. The van der Waals surface area contributed by atoms with Crippen LogP contribution in [0.1, 0.15) is 33.1 Å². The maximum absolute atomic E-state index is 9.44. The molecule has 0 amide bonds. The third-order valence-corrected chi connectivity index (χ3v) is 2.91. The van der Waals surface area contributed by atoms with E-state index >= 15 is 0 Å². The van der Waals surface area contributed by atoms with Crippen molar-refractivity contribution in [1.29, 1.82) is 5.26 Å². The molecule has 0 saturated carbocycles. The lowest BCUT2D eigenvalue weighted by Crippen LogP contribution is -2.48. The van der Waals surface area contributed by atoms with Crippen LogP contribution in [-0.4, -0.2) is 34.7 Å². The number of rotatable bonds is 2. The van der Waals surface area contributed by atoms with Crippen molar-refractivity contribution in [2.24, 2.45) is 0 Å². The van der Waals surface area contributed by atoms with E-state index in [0.29, 0.717) is 0 Å². The summed E-state index contributed by atoms with van der Waals surface area (Å²) in [6, 6.07) is 2.42. The molecule has 1 N–H and O–H groups in total. The zero-order chi connectivity index (χ0) is 9.84. The molecule has 1 aliphatic heterocycles. The molecule has 3 nitrogen and oxygen atoms in total. The van der Waals surface area contributed by atoms with Crippen molar-refractivity contribution in [3.8, 4) is 6.07 Å². The molecule has 74 valence electrons. The van der Waals surface area contributed by atoms with Gasteiger partial charge in [0.25, 0.3) is 0 Å². The minimum atomic E-state index is -0.353. The molecule has 1 rings (SSSR count). The zero-order valence-electron chi connectivity index (χ0n) is 8.40. The van der Waals surface area contributed by atoms with Gasteiger partial charge in [-0.25, -0.2) is 0 Å². The van der Waals surface area contributed by atoms with Crippen molar-refractivity contribution in [2.75, 3.05) is 6.54 Å². The molecule has 1 aliphatic rings. The monoisotopic (exact) mass is 182 g/mol. The SMILES string of the molecule is CC(O)C(C)N1CCCCC1C#N. The lowest BCUT2D eigenvalue weighted by molar-refractivity contribution is 0.0411. The number of piperidine rings is 1. The highest BCUT2D eigenvalue weighted by atomic mass is 16.3. The van der Waals surface area contributed by atoms with Gasteiger partial charge in [0.15, 0.2) is 0 Å². The lowest BCUT2D eigenvalue weighted by atomic mass is 9.99. The van der Waals surface area contributed by atoms with E-state index in [-0.39, 0.29) is 18.2 Å². The number of nitrogens with zero attached hydrogens (tertiary/aromatic N) is 2. The van der Waals surface area contributed by atoms with Crippen molar-refractivity contribution < 1.29 is 5.11 Å². The molecule has 0 bridgehead atoms. The second-order valence-corrected chi connectivity index (χ2v) is 3.86. The first kappa shape index (κ1) is 10.5. The van der Waals surface area contributed by atoms with Crippen LogP contribution < -0.4 is 0 Å². The number of hydrogen-bond donors (Lipinski definition) is 1. The van der Waals surface area contributed by atoms with Gasteiger partial charge in [0, 0.05) is 6.04 Å². The highest BCUT2D eigenvalue weighted by molar-refractivity contribution is 4.96. The van der Waals surface area contributed by atoms with Crippen LogP contribution >= 0.6 is 0 Å². The minimum absolute atomic E-state index is 0.0124. The van der Waals surface area contributed by atoms with Crippen molar-refractivity contribution in [2.45, 2.75) is 51.3 Å². The Morgan fingerprint density at radius 3 is 2.69 bits per heavy atom. The summed E-state index contributed by atoms with van der Waals surface area (Å²) >= 11 is 0. The predicted octanol–water partition coefficient (Wildman–Crippen LogP) is 1.13. The molecular weight excluding hydrogens is 164 g/mol. The van der Waals surface area contributed by atoms with E-state index in [2.05, 4.69) is 11.0 Å². The van der Waals surface area contributed by atoms with E-state index in [4.69, 9.17) is 5.26 Å². The van der Waals surface area contributed by atoms with Crippen molar-refractivity contribution in [1.82, 2.24) is 4.90 Å². The topological polar surface area (TPSA) is 47.3 Å². The van der Waals surface area contributed by atoms with Crippen LogP contribution in [-0.2, 0) is 0 Å². The fourth-order valence-electron chi connectivity index (χ4n) is 1.86. The third-order valence-electron chi connectivity index (χ3n) is 2.91. The summed E-state index contributed by atoms with van der Waals surface area (Å²) < 4.78 is 0. The van der Waals surface area contributed by atoms with E-state index in [0.717, 1.165) is 25.8 Å². The summed E-state index contributed by atoms with van der Waals surface area (Å²) in [6.07, 6.45) is 2.89. The summed E-state index contributed by atoms with van der Waals surface area (Å²) in [4.78, 5) is 2.12. The number of aliphatic hydroxyl groups is 1. The number of aliphatic hydroxyl groups excluding tert-OH is 1. The van der Waals surface area contributed by atoms with Gasteiger partial charge in [0.2, 0.25) is 0 Å². The van der Waals surface area contributed by atoms with Gasteiger partial charge in [0.05, 0.1) is 18.2 Å². The quantitative estimate of drug-likeness (QED) is 0.696. The highest BCUT2D eigenvalue weighted by Gasteiger charge is 2.28. The molecule has 13 heavy (non-hydrogen) atoms. The lowest BCUT2D eigenvalue weighted by Gasteiger charge is -2.37. The van der Waals surface area contributed by atoms with Crippen LogP contribution in [0.5, 0.6) is 0 Å². The van der Waals surface area contributed by atoms with Gasteiger partial charge in [-0.1, -0.05) is 0 Å². The van der Waals surface area contributed by atoms with Crippen LogP contribution in [0.3, 0.4) is 0 Å². The maximum atomic E-state index is 9.44. The Morgan fingerprint density at radius 2 is 2.15 bits per heavy atom. The standard InChI is InChI=1S/C10H18N2O/c1-8(9(2)13)12-6-4-3-5-10(12)7-11/h8-10,13H,3-6H2,1-2H3. The maximum Gasteiger partial charge on any atom is 0.0981 e. The van der Waals surface area contributed by atoms with Crippen LogP contribution in [0.4, 0.5) is 0 Å². The Bertz CT molecular complexity index is 198. The van der Waals surface area contributed by atoms with E-state index in [1.54, 1.807) is 6.92 Å². The average molecular weight is 182 g/mol. The van der Waals surface area contributed by atoms with Gasteiger partial charge in [-0.05, 0) is 39.7 Å². The molecule has 1 saturated heterocycles. The first-order valence-corrected chi connectivity index (χ1v) is 5.00. The molecule has 0 spiro atoms. The number of nitriles is 1. The summed E-state index contributed by atoms with van der Waals surface area (Å²) in [5.74, 6) is 0. The highest BCUT2D eigenvalue weighted by Crippen LogP contribution is 2.20. The molecule has 1 fully saturated rings. The summed E-state index contributed by atoms with van der Waals surface area (Å²) in [7, 11) is 0. The van der Waals surface area contributed by atoms with E-state index < -0.39 is 0 Å². The zero-order valence-corrected chi connectivity index (χ0v) is 8.40. The van der Waals surface area contributed by atoms with Crippen molar-refractivity contribution in [3.63, 3.8) is 0 Å². The second kappa shape index (κ2) is 4.59. The Balaban J connectivity index is 2.59. The molecule has 0 aromatic carbocycles. The molecule has 0 aliphatic carbocycles. The number of likely N-dealkylation sites (tertiary alicyclic amines) is 1. The normalized spacial score (nSPS) is 29.2. The van der Waals surface area contributed by atoms with Crippen molar-refractivity contribution in [3.05, 3.63) is 0 Å². The molecule has 0 radical (unpaired) electrons. The van der Waals surface area contributed by atoms with E-state index in [1.807, 2.05) is 6.92 Å². The average Bonchev–Trinajstić information content (AvgIpc) is 2.16. The molecule has 0 aromatic rings. The molecule has 1 heterocycles. The largest absolute Gasteiger partial charge is 0.392 e. The van der Waals surface area contributed by atoms with Gasteiger partial charge in [-0.2, -0.15) is 5.26 Å². The Labute approximate surface area is 80.0 Å².